The Balaban J connectivity index is 4.77. The lowest BCUT2D eigenvalue weighted by Gasteiger charge is -2.31. The fourth-order valence-electron chi connectivity index (χ4n) is 1.72. The highest BCUT2D eigenvalue weighted by Crippen LogP contribution is 2.21. The third-order valence-electron chi connectivity index (χ3n) is 2.67. The summed E-state index contributed by atoms with van der Waals surface area (Å²) in [4.78, 5) is 11.6. The highest BCUT2D eigenvalue weighted by Gasteiger charge is 2.31. The summed E-state index contributed by atoms with van der Waals surface area (Å²) in [7, 11) is -3.49. The molecule has 0 amide bonds. The summed E-state index contributed by atoms with van der Waals surface area (Å²) in [5.41, 5.74) is -0.866. The van der Waals surface area contributed by atoms with Gasteiger partial charge in [0.1, 0.15) is 11.4 Å². The summed E-state index contributed by atoms with van der Waals surface area (Å²) in [6, 6.07) is -0.195. The SMILES string of the molecule is CCNC(CS(=O)(=O)CC(=O)OC(C)(C)C)C(C)(C)C. The monoisotopic (exact) mass is 307 g/mol. The third kappa shape index (κ3) is 8.53. The molecule has 6 heteroatoms. The predicted octanol–water partition coefficient (Wildman–Crippen LogP) is 1.77. The van der Waals surface area contributed by atoms with E-state index in [0.717, 1.165) is 0 Å². The molecule has 1 N–H and O–H groups in total. The zero-order valence-electron chi connectivity index (χ0n) is 13.7. The van der Waals surface area contributed by atoms with Crippen LogP contribution in [0.2, 0.25) is 0 Å². The maximum absolute atomic E-state index is 12.1. The lowest BCUT2D eigenvalue weighted by atomic mass is 9.88. The van der Waals surface area contributed by atoms with Crippen LogP contribution in [0.3, 0.4) is 0 Å². The van der Waals surface area contributed by atoms with Gasteiger partial charge in [0, 0.05) is 6.04 Å². The fraction of sp³-hybridized carbons (Fsp3) is 0.929. The van der Waals surface area contributed by atoms with Gasteiger partial charge in [-0.15, -0.1) is 0 Å². The Morgan fingerprint density at radius 2 is 1.65 bits per heavy atom. The molecule has 0 rings (SSSR count). The van der Waals surface area contributed by atoms with Crippen LogP contribution in [0.1, 0.15) is 48.5 Å². The molecule has 0 aromatic rings. The Labute approximate surface area is 123 Å². The summed E-state index contributed by atoms with van der Waals surface area (Å²) < 4.78 is 29.3. The molecule has 0 fully saturated rings. The van der Waals surface area contributed by atoms with Gasteiger partial charge in [-0.1, -0.05) is 27.7 Å². The molecule has 0 aromatic carbocycles. The summed E-state index contributed by atoms with van der Waals surface area (Å²) in [5, 5.41) is 3.17. The number of sulfone groups is 1. The number of hydrogen-bond acceptors (Lipinski definition) is 5. The maximum atomic E-state index is 12.1. The molecular weight excluding hydrogens is 278 g/mol. The first-order valence-electron chi connectivity index (χ1n) is 6.92. The highest BCUT2D eigenvalue weighted by atomic mass is 32.2. The Morgan fingerprint density at radius 3 is 2.00 bits per heavy atom. The van der Waals surface area contributed by atoms with Gasteiger partial charge in [-0.3, -0.25) is 4.79 Å². The summed E-state index contributed by atoms with van der Waals surface area (Å²) in [6.07, 6.45) is 0. The standard InChI is InChI=1S/C14H29NO4S/c1-8-15-11(13(2,3)4)9-20(17,18)10-12(16)19-14(5,6)7/h11,15H,8-10H2,1-7H3. The van der Waals surface area contributed by atoms with Crippen LogP contribution in [0.5, 0.6) is 0 Å². The van der Waals surface area contributed by atoms with Gasteiger partial charge in [0.05, 0.1) is 5.75 Å². The number of esters is 1. The van der Waals surface area contributed by atoms with E-state index in [-0.39, 0.29) is 17.2 Å². The molecule has 20 heavy (non-hydrogen) atoms. The van der Waals surface area contributed by atoms with Gasteiger partial charge in [0.2, 0.25) is 0 Å². The summed E-state index contributed by atoms with van der Waals surface area (Å²) >= 11 is 0. The Kier molecular flexibility index (Phi) is 6.68. The van der Waals surface area contributed by atoms with E-state index in [1.54, 1.807) is 20.8 Å². The molecule has 0 aliphatic carbocycles. The van der Waals surface area contributed by atoms with Gasteiger partial charge in [-0.05, 0) is 32.7 Å². The van der Waals surface area contributed by atoms with E-state index < -0.39 is 27.2 Å². The van der Waals surface area contributed by atoms with Gasteiger partial charge in [0.15, 0.2) is 9.84 Å². The number of hydrogen-bond donors (Lipinski definition) is 1. The van der Waals surface area contributed by atoms with Crippen LogP contribution in [0.25, 0.3) is 0 Å². The average Bonchev–Trinajstić information content (AvgIpc) is 2.10. The quantitative estimate of drug-likeness (QED) is 0.757. The van der Waals surface area contributed by atoms with E-state index >= 15 is 0 Å². The minimum absolute atomic E-state index is 0.0659. The van der Waals surface area contributed by atoms with Gasteiger partial charge in [-0.2, -0.15) is 0 Å². The van der Waals surface area contributed by atoms with Crippen LogP contribution in [-0.2, 0) is 19.4 Å². The minimum Gasteiger partial charge on any atom is -0.459 e. The van der Waals surface area contributed by atoms with Crippen molar-refractivity contribution >= 4 is 15.8 Å². The van der Waals surface area contributed by atoms with Crippen LogP contribution < -0.4 is 5.32 Å². The molecular formula is C14H29NO4S. The first-order valence-corrected chi connectivity index (χ1v) is 8.74. The van der Waals surface area contributed by atoms with Crippen LogP contribution in [0.15, 0.2) is 0 Å². The smallest absolute Gasteiger partial charge is 0.321 e. The molecule has 0 saturated heterocycles. The third-order valence-corrected chi connectivity index (χ3v) is 4.19. The van der Waals surface area contributed by atoms with Crippen molar-refractivity contribution in [2.75, 3.05) is 18.1 Å². The lowest BCUT2D eigenvalue weighted by molar-refractivity contribution is -0.151. The van der Waals surface area contributed by atoms with Gasteiger partial charge >= 0.3 is 5.97 Å². The van der Waals surface area contributed by atoms with Crippen molar-refractivity contribution in [1.82, 2.24) is 5.32 Å². The average molecular weight is 307 g/mol. The van der Waals surface area contributed by atoms with E-state index in [1.807, 2.05) is 27.7 Å². The van der Waals surface area contributed by atoms with Gasteiger partial charge in [0.25, 0.3) is 0 Å². The molecule has 120 valence electrons. The Morgan fingerprint density at radius 1 is 1.15 bits per heavy atom. The zero-order chi connectivity index (χ0) is 16.2. The van der Waals surface area contributed by atoms with Crippen LogP contribution in [0, 0.1) is 5.41 Å². The van der Waals surface area contributed by atoms with Crippen molar-refractivity contribution in [2.45, 2.75) is 60.1 Å². The molecule has 1 atom stereocenters. The van der Waals surface area contributed by atoms with Crippen molar-refractivity contribution < 1.29 is 17.9 Å². The number of carbonyl (C=O) groups excluding carboxylic acids is 1. The molecule has 0 aliphatic rings. The van der Waals surface area contributed by atoms with Crippen LogP contribution >= 0.6 is 0 Å². The topological polar surface area (TPSA) is 72.5 Å². The van der Waals surface area contributed by atoms with Crippen molar-refractivity contribution in [2.24, 2.45) is 5.41 Å². The molecule has 0 saturated carbocycles. The van der Waals surface area contributed by atoms with Crippen molar-refractivity contribution in [3.8, 4) is 0 Å². The molecule has 5 nitrogen and oxygen atoms in total. The first kappa shape index (κ1) is 19.4. The maximum Gasteiger partial charge on any atom is 0.321 e. The van der Waals surface area contributed by atoms with E-state index in [4.69, 9.17) is 4.74 Å². The normalized spacial score (nSPS) is 14.9. The zero-order valence-corrected chi connectivity index (χ0v) is 14.6. The second-order valence-electron chi connectivity index (χ2n) is 7.12. The van der Waals surface area contributed by atoms with E-state index in [0.29, 0.717) is 6.54 Å². The number of rotatable bonds is 6. The molecule has 0 aromatic heterocycles. The molecule has 0 bridgehead atoms. The molecule has 0 aliphatic heterocycles. The number of carbonyl (C=O) groups is 1. The molecule has 0 spiro atoms. The van der Waals surface area contributed by atoms with Crippen LogP contribution in [-0.4, -0.2) is 44.1 Å². The van der Waals surface area contributed by atoms with Gasteiger partial charge in [-0.25, -0.2) is 8.42 Å². The van der Waals surface area contributed by atoms with Crippen molar-refractivity contribution in [3.05, 3.63) is 0 Å². The largest absolute Gasteiger partial charge is 0.459 e. The van der Waals surface area contributed by atoms with Crippen molar-refractivity contribution in [1.29, 1.82) is 0 Å². The minimum atomic E-state index is -3.49. The molecule has 0 radical (unpaired) electrons. The number of nitrogens with one attached hydrogen (secondary N) is 1. The summed E-state index contributed by atoms with van der Waals surface area (Å²) in [5.74, 6) is -1.33. The number of ether oxygens (including phenoxy) is 1. The predicted molar refractivity (Wildman–Crippen MR) is 81.4 cm³/mol. The lowest BCUT2D eigenvalue weighted by Crippen LogP contribution is -2.46. The molecule has 1 unspecified atom stereocenters. The summed E-state index contributed by atoms with van der Waals surface area (Å²) in [6.45, 7) is 13.7. The first-order chi connectivity index (χ1) is 8.77. The van der Waals surface area contributed by atoms with E-state index in [2.05, 4.69) is 5.32 Å². The second-order valence-corrected chi connectivity index (χ2v) is 9.23. The van der Waals surface area contributed by atoms with E-state index in [9.17, 15) is 13.2 Å². The van der Waals surface area contributed by atoms with E-state index in [1.165, 1.54) is 0 Å². The second kappa shape index (κ2) is 6.89. The van der Waals surface area contributed by atoms with Crippen LogP contribution in [0.4, 0.5) is 0 Å². The highest BCUT2D eigenvalue weighted by molar-refractivity contribution is 7.92. The van der Waals surface area contributed by atoms with Crippen molar-refractivity contribution in [3.63, 3.8) is 0 Å². The molecule has 0 heterocycles. The van der Waals surface area contributed by atoms with Gasteiger partial charge < -0.3 is 10.1 Å². The fourth-order valence-corrected chi connectivity index (χ4v) is 3.39. The Bertz CT molecular complexity index is 415. The Hall–Kier alpha value is -0.620.